The summed E-state index contributed by atoms with van der Waals surface area (Å²) in [6.45, 7) is 1.31. The van der Waals surface area contributed by atoms with Gasteiger partial charge in [-0.05, 0) is 47.6 Å². The van der Waals surface area contributed by atoms with Gasteiger partial charge in [-0.2, -0.15) is 15.4 Å². The molecular weight excluding hydrogens is 476 g/mol. The molecule has 0 aliphatic carbocycles. The molecule has 0 radical (unpaired) electrons. The van der Waals surface area contributed by atoms with Crippen molar-refractivity contribution in [2.24, 2.45) is 0 Å². The maximum atomic E-state index is 15.2. The number of carbonyl (C=O) groups excluding carboxylic acids is 1. The number of H-pyrrole nitrogens is 1. The van der Waals surface area contributed by atoms with E-state index in [-0.39, 0.29) is 28.8 Å². The minimum Gasteiger partial charge on any atom is -0.474 e. The number of piperazine rings is 1. The predicted octanol–water partition coefficient (Wildman–Crippen LogP) is 2.17. The van der Waals surface area contributed by atoms with E-state index in [1.165, 1.54) is 25.4 Å². The number of benzene rings is 2. The number of hydrogen-bond acceptors (Lipinski definition) is 7. The smallest absolute Gasteiger partial charge is 0.257 e. The third-order valence-electron chi connectivity index (χ3n) is 5.80. The van der Waals surface area contributed by atoms with Gasteiger partial charge in [0, 0.05) is 31.9 Å². The van der Waals surface area contributed by atoms with Crippen molar-refractivity contribution in [3.63, 3.8) is 0 Å². The summed E-state index contributed by atoms with van der Waals surface area (Å²) in [5.74, 6) is -1.50. The number of carbonyl (C=O) groups is 1. The van der Waals surface area contributed by atoms with E-state index in [0.717, 1.165) is 5.56 Å². The van der Waals surface area contributed by atoms with Crippen LogP contribution < -0.4 is 16.0 Å². The number of methoxy groups -OCH3 is 1. The average molecular weight is 502 g/mol. The molecule has 1 aliphatic rings. The Morgan fingerprint density at radius 1 is 1.23 bits per heavy atom. The molecule has 0 saturated carbocycles. The van der Waals surface area contributed by atoms with Crippen LogP contribution in [0.15, 0.2) is 42.6 Å². The Labute approximate surface area is 206 Å². The number of amides is 1. The number of hydrogen-bond donors (Lipinski definition) is 3. The second-order valence-electron chi connectivity index (χ2n) is 8.09. The number of anilines is 2. The number of thiocarbonyl (C=S) groups is 1. The quantitative estimate of drug-likeness (QED) is 0.348. The van der Waals surface area contributed by atoms with Gasteiger partial charge in [-0.1, -0.05) is 12.1 Å². The largest absolute Gasteiger partial charge is 0.474 e. The van der Waals surface area contributed by atoms with Gasteiger partial charge in [-0.3, -0.25) is 4.79 Å². The first-order chi connectivity index (χ1) is 16.9. The van der Waals surface area contributed by atoms with Gasteiger partial charge < -0.3 is 25.6 Å². The van der Waals surface area contributed by atoms with Crippen LogP contribution in [0.4, 0.5) is 20.2 Å². The maximum Gasteiger partial charge on any atom is 0.257 e. The van der Waals surface area contributed by atoms with E-state index in [0.29, 0.717) is 37.6 Å². The Balaban J connectivity index is 1.46. The van der Waals surface area contributed by atoms with Crippen LogP contribution in [-0.4, -0.2) is 64.7 Å². The zero-order valence-electron chi connectivity index (χ0n) is 19.0. The van der Waals surface area contributed by atoms with Gasteiger partial charge >= 0.3 is 0 Å². The molecule has 4 rings (SSSR count). The lowest BCUT2D eigenvalue weighted by Gasteiger charge is -2.36. The molecule has 1 unspecified atom stereocenters. The number of halogens is 2. The van der Waals surface area contributed by atoms with Crippen LogP contribution in [0.5, 0.6) is 0 Å². The van der Waals surface area contributed by atoms with E-state index in [4.69, 9.17) is 22.7 Å². The van der Waals surface area contributed by atoms with Crippen molar-refractivity contribution >= 4 is 34.7 Å². The lowest BCUT2D eigenvalue weighted by molar-refractivity contribution is -0.130. The van der Waals surface area contributed by atoms with E-state index < -0.39 is 17.7 Å². The standard InChI is InChI=1S/C23H25F2N7O2S/c1-34-23(35)28-21(19-13-27-30-29-19)15-11-17(24)22(18(25)12-15)32-7-5-31(6-8-32)20(33)10-14-3-2-4-16(26)9-14/h2-4,9,11-13,21H,5-8,10,26H2,1H3,(H,28,35)(H,27,29,30). The normalized spacial score (nSPS) is 14.5. The summed E-state index contributed by atoms with van der Waals surface area (Å²) in [5.41, 5.74) is 7.74. The van der Waals surface area contributed by atoms with Gasteiger partial charge in [-0.25, -0.2) is 8.78 Å². The Bertz CT molecular complexity index is 1180. The van der Waals surface area contributed by atoms with Crippen LogP contribution in [0.1, 0.15) is 22.9 Å². The molecule has 0 bridgehead atoms. The zero-order valence-corrected chi connectivity index (χ0v) is 19.8. The third-order valence-corrected chi connectivity index (χ3v) is 6.09. The highest BCUT2D eigenvalue weighted by molar-refractivity contribution is 7.80. The topological polar surface area (TPSA) is 112 Å². The molecule has 1 fully saturated rings. The molecule has 0 spiro atoms. The summed E-state index contributed by atoms with van der Waals surface area (Å²) in [4.78, 5) is 16.0. The summed E-state index contributed by atoms with van der Waals surface area (Å²) in [7, 11) is 1.39. The number of aromatic amines is 1. The van der Waals surface area contributed by atoms with E-state index in [9.17, 15) is 4.79 Å². The highest BCUT2D eigenvalue weighted by atomic mass is 32.1. The molecular formula is C23H25F2N7O2S. The summed E-state index contributed by atoms with van der Waals surface area (Å²) < 4.78 is 35.4. The zero-order chi connectivity index (χ0) is 24.9. The molecule has 2 aromatic carbocycles. The molecule has 12 heteroatoms. The molecule has 184 valence electrons. The minimum absolute atomic E-state index is 0.0434. The monoisotopic (exact) mass is 501 g/mol. The summed E-state index contributed by atoms with van der Waals surface area (Å²) >= 11 is 5.05. The molecule has 35 heavy (non-hydrogen) atoms. The van der Waals surface area contributed by atoms with Crippen molar-refractivity contribution in [1.29, 1.82) is 0 Å². The fourth-order valence-corrected chi connectivity index (χ4v) is 4.20. The van der Waals surface area contributed by atoms with Crippen LogP contribution in [-0.2, 0) is 16.0 Å². The fourth-order valence-electron chi connectivity index (χ4n) is 4.08. The lowest BCUT2D eigenvalue weighted by Crippen LogP contribution is -2.49. The molecule has 4 N–H and O–H groups in total. The highest BCUT2D eigenvalue weighted by Gasteiger charge is 2.27. The predicted molar refractivity (Wildman–Crippen MR) is 131 cm³/mol. The van der Waals surface area contributed by atoms with Crippen molar-refractivity contribution in [2.75, 3.05) is 43.9 Å². The number of nitrogens with zero attached hydrogens (tertiary/aromatic N) is 4. The third kappa shape index (κ3) is 5.65. The van der Waals surface area contributed by atoms with Gasteiger partial charge in [0.05, 0.1) is 19.7 Å². The molecule has 3 aromatic rings. The number of nitrogen functional groups attached to an aromatic ring is 1. The van der Waals surface area contributed by atoms with Gasteiger partial charge in [0.1, 0.15) is 29.1 Å². The second-order valence-corrected chi connectivity index (χ2v) is 8.46. The summed E-state index contributed by atoms with van der Waals surface area (Å²) in [6.07, 6.45) is 1.65. The first kappa shape index (κ1) is 24.3. The van der Waals surface area contributed by atoms with E-state index in [1.807, 2.05) is 6.07 Å². The van der Waals surface area contributed by atoms with Crippen LogP contribution >= 0.6 is 12.2 Å². The molecule has 1 aromatic heterocycles. The molecule has 1 amide bonds. The number of nitrogens with two attached hydrogens (primary N) is 1. The summed E-state index contributed by atoms with van der Waals surface area (Å²) in [5, 5.41) is 13.1. The van der Waals surface area contributed by atoms with Gasteiger partial charge in [0.2, 0.25) is 5.91 Å². The molecule has 1 aliphatic heterocycles. The van der Waals surface area contributed by atoms with Crippen LogP contribution in [0.2, 0.25) is 0 Å². The molecule has 1 atom stereocenters. The number of rotatable bonds is 6. The number of aromatic nitrogens is 3. The lowest BCUT2D eigenvalue weighted by atomic mass is 10.0. The SMILES string of the molecule is COC(=S)NC(c1cc(F)c(N2CCN(C(=O)Cc3cccc(N)c3)CC2)c(F)c1)c1cn[nH]n1. The Kier molecular flexibility index (Phi) is 7.39. The number of nitrogens with one attached hydrogen (secondary N) is 2. The minimum atomic E-state index is -0.763. The van der Waals surface area contributed by atoms with Crippen molar-refractivity contribution in [3.8, 4) is 0 Å². The van der Waals surface area contributed by atoms with Gasteiger partial charge in [0.25, 0.3) is 5.17 Å². The van der Waals surface area contributed by atoms with E-state index in [1.54, 1.807) is 28.0 Å². The second kappa shape index (κ2) is 10.6. The van der Waals surface area contributed by atoms with Crippen molar-refractivity contribution in [2.45, 2.75) is 12.5 Å². The van der Waals surface area contributed by atoms with E-state index in [2.05, 4.69) is 20.7 Å². The van der Waals surface area contributed by atoms with Crippen LogP contribution in [0.25, 0.3) is 0 Å². The maximum absolute atomic E-state index is 15.2. The fraction of sp³-hybridized carbons (Fsp3) is 0.304. The first-order valence-electron chi connectivity index (χ1n) is 10.9. The van der Waals surface area contributed by atoms with Crippen LogP contribution in [0.3, 0.4) is 0 Å². The Morgan fingerprint density at radius 3 is 2.54 bits per heavy atom. The van der Waals surface area contributed by atoms with Crippen LogP contribution in [0, 0.1) is 11.6 Å². The van der Waals surface area contributed by atoms with Crippen molar-refractivity contribution < 1.29 is 18.3 Å². The first-order valence-corrected chi connectivity index (χ1v) is 11.3. The Hall–Kier alpha value is -3.80. The molecule has 9 nitrogen and oxygen atoms in total. The van der Waals surface area contributed by atoms with Crippen molar-refractivity contribution in [1.82, 2.24) is 25.6 Å². The molecule has 2 heterocycles. The average Bonchev–Trinajstić information content (AvgIpc) is 3.37. The highest BCUT2D eigenvalue weighted by Crippen LogP contribution is 2.30. The molecule has 1 saturated heterocycles. The van der Waals surface area contributed by atoms with Crippen molar-refractivity contribution in [3.05, 3.63) is 71.1 Å². The Morgan fingerprint density at radius 2 is 1.94 bits per heavy atom. The summed E-state index contributed by atoms with van der Waals surface area (Å²) in [6, 6.07) is 8.88. The number of ether oxygens (including phenoxy) is 1. The van der Waals surface area contributed by atoms with Gasteiger partial charge in [-0.15, -0.1) is 0 Å². The van der Waals surface area contributed by atoms with E-state index >= 15 is 8.78 Å². The van der Waals surface area contributed by atoms with Gasteiger partial charge in [0.15, 0.2) is 0 Å².